The number of hydrogen-bond acceptors (Lipinski definition) is 4. The van der Waals surface area contributed by atoms with Crippen LogP contribution in [0.2, 0.25) is 0 Å². The van der Waals surface area contributed by atoms with Gasteiger partial charge in [0.2, 0.25) is 10.0 Å². The van der Waals surface area contributed by atoms with Gasteiger partial charge in [0.1, 0.15) is 0 Å². The van der Waals surface area contributed by atoms with E-state index in [2.05, 4.69) is 22.3 Å². The van der Waals surface area contributed by atoms with E-state index in [4.69, 9.17) is 0 Å². The van der Waals surface area contributed by atoms with E-state index >= 15 is 0 Å². The third kappa shape index (κ3) is 4.59. The summed E-state index contributed by atoms with van der Waals surface area (Å²) < 4.78 is 28.2. The van der Waals surface area contributed by atoms with Gasteiger partial charge in [0.15, 0.2) is 0 Å². The minimum Gasteiger partial charge on any atom is -0.369 e. The van der Waals surface area contributed by atoms with Gasteiger partial charge < -0.3 is 10.2 Å². The van der Waals surface area contributed by atoms with Gasteiger partial charge in [-0.25, -0.2) is 13.2 Å². The monoisotopic (exact) mass is 468 g/mol. The van der Waals surface area contributed by atoms with Gasteiger partial charge in [0.05, 0.1) is 4.90 Å². The van der Waals surface area contributed by atoms with Crippen LogP contribution in [0.25, 0.3) is 0 Å². The summed E-state index contributed by atoms with van der Waals surface area (Å²) in [6, 6.07) is 15.5. The molecular formula is C25H32N4O3S. The lowest BCUT2D eigenvalue weighted by Gasteiger charge is -2.35. The van der Waals surface area contributed by atoms with Crippen molar-refractivity contribution in [2.45, 2.75) is 49.5 Å². The number of para-hydroxylation sites is 1. The van der Waals surface area contributed by atoms with E-state index in [1.165, 1.54) is 19.3 Å². The van der Waals surface area contributed by atoms with Gasteiger partial charge in [0, 0.05) is 50.1 Å². The molecule has 1 saturated carbocycles. The number of nitrogens with zero attached hydrogens (tertiary/aromatic N) is 3. The Hall–Kier alpha value is -2.58. The van der Waals surface area contributed by atoms with Crippen molar-refractivity contribution in [3.8, 4) is 0 Å². The van der Waals surface area contributed by atoms with Crippen molar-refractivity contribution < 1.29 is 13.2 Å². The number of piperazine rings is 1. The number of sulfonamides is 1. The molecule has 0 atom stereocenters. The van der Waals surface area contributed by atoms with E-state index in [9.17, 15) is 13.2 Å². The second kappa shape index (κ2) is 9.35. The van der Waals surface area contributed by atoms with Crippen molar-refractivity contribution in [3.05, 3.63) is 54.1 Å². The average molecular weight is 469 g/mol. The Balaban J connectivity index is 1.25. The molecule has 5 rings (SSSR count). The van der Waals surface area contributed by atoms with Gasteiger partial charge in [-0.3, -0.25) is 4.90 Å². The van der Waals surface area contributed by atoms with Crippen LogP contribution in [0.1, 0.15) is 37.7 Å². The molecule has 0 radical (unpaired) electrons. The molecule has 2 fully saturated rings. The molecule has 2 amide bonds. The van der Waals surface area contributed by atoms with Crippen LogP contribution in [0.15, 0.2) is 53.4 Å². The molecule has 0 bridgehead atoms. The summed E-state index contributed by atoms with van der Waals surface area (Å²) in [5.74, 6) is 0. The Bertz CT molecular complexity index is 1090. The van der Waals surface area contributed by atoms with Crippen LogP contribution in [-0.4, -0.2) is 57.5 Å². The quantitative estimate of drug-likeness (QED) is 0.744. The number of amides is 2. The van der Waals surface area contributed by atoms with Crippen LogP contribution >= 0.6 is 0 Å². The molecule has 3 aliphatic rings. The van der Waals surface area contributed by atoms with E-state index in [0.29, 0.717) is 44.0 Å². The highest BCUT2D eigenvalue weighted by atomic mass is 32.2. The Morgan fingerprint density at radius 2 is 1.61 bits per heavy atom. The second-order valence-corrected chi connectivity index (χ2v) is 11.1. The zero-order valence-electron chi connectivity index (χ0n) is 18.9. The molecule has 176 valence electrons. The van der Waals surface area contributed by atoms with Crippen LogP contribution in [0.3, 0.4) is 0 Å². The van der Waals surface area contributed by atoms with E-state index in [-0.39, 0.29) is 12.1 Å². The lowest BCUT2D eigenvalue weighted by Crippen LogP contribution is -2.48. The van der Waals surface area contributed by atoms with Crippen molar-refractivity contribution >= 4 is 27.4 Å². The van der Waals surface area contributed by atoms with Gasteiger partial charge in [-0.05, 0) is 55.2 Å². The van der Waals surface area contributed by atoms with Crippen LogP contribution in [0, 0.1) is 0 Å². The standard InChI is InChI=1S/C25H32N4O3S/c30-25(26-21-7-3-1-4-8-21)29-14-13-20-19-23(11-12-24(20)29)33(31,32)28-17-15-27(16-18-28)22-9-5-2-6-10-22/h2,5-6,9-12,19,21H,1,3-4,7-8,13-18H2,(H,26,30). The number of rotatable bonds is 4. The van der Waals surface area contributed by atoms with Crippen LogP contribution in [0.5, 0.6) is 0 Å². The number of benzene rings is 2. The lowest BCUT2D eigenvalue weighted by atomic mass is 9.96. The largest absolute Gasteiger partial charge is 0.369 e. The Labute approximate surface area is 196 Å². The fourth-order valence-electron chi connectivity index (χ4n) is 5.22. The van der Waals surface area contributed by atoms with Crippen LogP contribution in [-0.2, 0) is 16.4 Å². The topological polar surface area (TPSA) is 73.0 Å². The average Bonchev–Trinajstić information content (AvgIpc) is 3.29. The predicted octanol–water partition coefficient (Wildman–Crippen LogP) is 3.60. The molecule has 2 aromatic rings. The summed E-state index contributed by atoms with van der Waals surface area (Å²) in [7, 11) is -3.56. The Morgan fingerprint density at radius 1 is 0.879 bits per heavy atom. The summed E-state index contributed by atoms with van der Waals surface area (Å²) in [6.45, 7) is 2.86. The smallest absolute Gasteiger partial charge is 0.322 e. The van der Waals surface area contributed by atoms with Gasteiger partial charge in [-0.1, -0.05) is 37.5 Å². The lowest BCUT2D eigenvalue weighted by molar-refractivity contribution is 0.238. The number of carbonyl (C=O) groups is 1. The third-order valence-electron chi connectivity index (χ3n) is 7.12. The highest BCUT2D eigenvalue weighted by molar-refractivity contribution is 7.89. The molecule has 2 heterocycles. The van der Waals surface area contributed by atoms with E-state index in [1.54, 1.807) is 27.4 Å². The zero-order valence-corrected chi connectivity index (χ0v) is 19.8. The maximum absolute atomic E-state index is 13.3. The summed E-state index contributed by atoms with van der Waals surface area (Å²) >= 11 is 0. The van der Waals surface area contributed by atoms with Gasteiger partial charge in [-0.2, -0.15) is 4.31 Å². The molecule has 2 aliphatic heterocycles. The molecular weight excluding hydrogens is 436 g/mol. The van der Waals surface area contributed by atoms with Crippen molar-refractivity contribution in [1.29, 1.82) is 0 Å². The van der Waals surface area contributed by atoms with Crippen molar-refractivity contribution in [2.75, 3.05) is 42.5 Å². The molecule has 1 aliphatic carbocycles. The maximum Gasteiger partial charge on any atom is 0.322 e. The van der Waals surface area contributed by atoms with Gasteiger partial charge in [-0.15, -0.1) is 0 Å². The minimum absolute atomic E-state index is 0.0618. The highest BCUT2D eigenvalue weighted by Gasteiger charge is 2.32. The second-order valence-electron chi connectivity index (χ2n) is 9.20. The fraction of sp³-hybridized carbons (Fsp3) is 0.480. The molecule has 33 heavy (non-hydrogen) atoms. The van der Waals surface area contributed by atoms with Crippen molar-refractivity contribution in [2.24, 2.45) is 0 Å². The summed E-state index contributed by atoms with van der Waals surface area (Å²) in [5, 5.41) is 3.17. The van der Waals surface area contributed by atoms with Crippen LogP contribution < -0.4 is 15.1 Å². The third-order valence-corrected chi connectivity index (χ3v) is 9.02. The molecule has 2 aromatic carbocycles. The van der Waals surface area contributed by atoms with E-state index in [1.807, 2.05) is 18.2 Å². The maximum atomic E-state index is 13.3. The molecule has 7 nitrogen and oxygen atoms in total. The SMILES string of the molecule is O=C(NC1CCCCC1)N1CCc2cc(S(=O)(=O)N3CCN(c4ccccc4)CC3)ccc21. The summed E-state index contributed by atoms with van der Waals surface area (Å²) in [5.41, 5.74) is 2.88. The van der Waals surface area contributed by atoms with Crippen LogP contribution in [0.4, 0.5) is 16.2 Å². The predicted molar refractivity (Wildman–Crippen MR) is 130 cm³/mol. The minimum atomic E-state index is -3.56. The Kier molecular flexibility index (Phi) is 6.29. The fourth-order valence-corrected chi connectivity index (χ4v) is 6.70. The summed E-state index contributed by atoms with van der Waals surface area (Å²) in [4.78, 5) is 17.1. The number of fused-ring (bicyclic) bond motifs is 1. The van der Waals surface area contributed by atoms with Crippen molar-refractivity contribution in [3.63, 3.8) is 0 Å². The first-order valence-electron chi connectivity index (χ1n) is 12.0. The highest BCUT2D eigenvalue weighted by Crippen LogP contribution is 2.32. The normalized spacial score (nSPS) is 20.0. The van der Waals surface area contributed by atoms with E-state index in [0.717, 1.165) is 29.8 Å². The number of anilines is 2. The molecule has 8 heteroatoms. The number of nitrogens with one attached hydrogen (secondary N) is 1. The first-order chi connectivity index (χ1) is 16.0. The van der Waals surface area contributed by atoms with E-state index < -0.39 is 10.0 Å². The first-order valence-corrected chi connectivity index (χ1v) is 13.5. The molecule has 0 unspecified atom stereocenters. The molecule has 0 spiro atoms. The van der Waals surface area contributed by atoms with Crippen molar-refractivity contribution in [1.82, 2.24) is 9.62 Å². The number of urea groups is 1. The number of carbonyl (C=O) groups excluding carboxylic acids is 1. The Morgan fingerprint density at radius 3 is 2.33 bits per heavy atom. The number of hydrogen-bond donors (Lipinski definition) is 1. The zero-order chi connectivity index (χ0) is 22.8. The molecule has 1 saturated heterocycles. The first kappa shape index (κ1) is 22.2. The summed E-state index contributed by atoms with van der Waals surface area (Å²) in [6.07, 6.45) is 6.35. The van der Waals surface area contributed by atoms with Gasteiger partial charge in [0.25, 0.3) is 0 Å². The van der Waals surface area contributed by atoms with Gasteiger partial charge >= 0.3 is 6.03 Å². The molecule has 1 N–H and O–H groups in total. The molecule has 0 aromatic heterocycles.